The van der Waals surface area contributed by atoms with Crippen LogP contribution in [0, 0.1) is 11.3 Å². The lowest BCUT2D eigenvalue weighted by Crippen LogP contribution is -2.26. The zero-order chi connectivity index (χ0) is 29.8. The van der Waals surface area contributed by atoms with Crippen molar-refractivity contribution in [3.63, 3.8) is 0 Å². The summed E-state index contributed by atoms with van der Waals surface area (Å²) in [7, 11) is 0. The number of halogens is 1. The number of benzene rings is 4. The Balaban J connectivity index is 1.24. The van der Waals surface area contributed by atoms with Crippen molar-refractivity contribution in [2.75, 3.05) is 6.61 Å². The van der Waals surface area contributed by atoms with Gasteiger partial charge in [0, 0.05) is 29.1 Å². The maximum Gasteiger partial charge on any atom is 0.407 e. The normalized spacial score (nSPS) is 11.8. The van der Waals surface area contributed by atoms with Gasteiger partial charge in [0.2, 0.25) is 0 Å². The van der Waals surface area contributed by atoms with E-state index in [9.17, 15) is 15.2 Å². The summed E-state index contributed by atoms with van der Waals surface area (Å²) in [4.78, 5) is 18.2. The molecule has 8 heteroatoms. The fraction of sp³-hybridized carbons (Fsp3) is 0.114. The number of pyridine rings is 1. The van der Waals surface area contributed by atoms with Gasteiger partial charge in [-0.25, -0.2) is 9.78 Å². The van der Waals surface area contributed by atoms with Crippen LogP contribution in [0.25, 0.3) is 22.3 Å². The molecule has 0 radical (unpaired) electrons. The van der Waals surface area contributed by atoms with Crippen LogP contribution >= 0.6 is 23.4 Å². The SMILES string of the molecule is N#Cc1ccc(-c2cc(Cl)c(Sc3ncccc3CO)c(CNC(=O)OCC3c4ccccc4-c4ccccc43)c2)cc1. The third kappa shape index (κ3) is 5.99. The molecule has 1 aromatic heterocycles. The molecule has 0 bridgehead atoms. The summed E-state index contributed by atoms with van der Waals surface area (Å²) >= 11 is 8.17. The van der Waals surface area contributed by atoms with Crippen molar-refractivity contribution in [3.8, 4) is 28.3 Å². The number of aliphatic hydroxyl groups excluding tert-OH is 1. The average Bonchev–Trinajstić information content (AvgIpc) is 3.37. The Labute approximate surface area is 259 Å². The Morgan fingerprint density at radius 3 is 2.30 bits per heavy atom. The number of aliphatic hydroxyl groups is 1. The molecule has 0 aliphatic heterocycles. The predicted molar refractivity (Wildman–Crippen MR) is 168 cm³/mol. The van der Waals surface area contributed by atoms with Crippen LogP contribution in [-0.4, -0.2) is 22.8 Å². The Kier molecular flexibility index (Phi) is 8.43. The molecule has 1 amide bonds. The molecule has 0 saturated heterocycles. The highest BCUT2D eigenvalue weighted by molar-refractivity contribution is 7.99. The lowest BCUT2D eigenvalue weighted by molar-refractivity contribution is 0.142. The molecular formula is C35H26ClN3O3S. The monoisotopic (exact) mass is 603 g/mol. The second-order valence-electron chi connectivity index (χ2n) is 10.0. The number of nitriles is 1. The number of hydrogen-bond acceptors (Lipinski definition) is 6. The molecular weight excluding hydrogens is 578 g/mol. The molecule has 4 aromatic carbocycles. The lowest BCUT2D eigenvalue weighted by atomic mass is 9.98. The molecule has 0 saturated carbocycles. The van der Waals surface area contributed by atoms with Gasteiger partial charge in [-0.15, -0.1) is 0 Å². The number of amides is 1. The number of aromatic nitrogens is 1. The topological polar surface area (TPSA) is 95.2 Å². The van der Waals surface area contributed by atoms with Crippen molar-refractivity contribution < 1.29 is 14.6 Å². The summed E-state index contributed by atoms with van der Waals surface area (Å²) in [5.74, 6) is -0.0421. The lowest BCUT2D eigenvalue weighted by Gasteiger charge is -2.17. The molecule has 0 fully saturated rings. The van der Waals surface area contributed by atoms with E-state index in [1.54, 1.807) is 24.4 Å². The van der Waals surface area contributed by atoms with Crippen molar-refractivity contribution in [1.29, 1.82) is 5.26 Å². The van der Waals surface area contributed by atoms with E-state index in [-0.39, 0.29) is 25.7 Å². The van der Waals surface area contributed by atoms with Crippen LogP contribution in [0.1, 0.15) is 33.7 Å². The second-order valence-corrected chi connectivity index (χ2v) is 11.4. The van der Waals surface area contributed by atoms with Crippen molar-refractivity contribution in [1.82, 2.24) is 10.3 Å². The van der Waals surface area contributed by atoms with Gasteiger partial charge < -0.3 is 15.2 Å². The fourth-order valence-electron chi connectivity index (χ4n) is 5.35. The van der Waals surface area contributed by atoms with Gasteiger partial charge in [0.05, 0.1) is 23.3 Å². The average molecular weight is 604 g/mol. The van der Waals surface area contributed by atoms with E-state index >= 15 is 0 Å². The highest BCUT2D eigenvalue weighted by atomic mass is 35.5. The van der Waals surface area contributed by atoms with Gasteiger partial charge >= 0.3 is 6.09 Å². The maximum atomic E-state index is 13.0. The molecule has 1 aliphatic rings. The van der Waals surface area contributed by atoms with E-state index < -0.39 is 6.09 Å². The van der Waals surface area contributed by atoms with E-state index in [4.69, 9.17) is 16.3 Å². The van der Waals surface area contributed by atoms with Crippen molar-refractivity contribution >= 4 is 29.5 Å². The van der Waals surface area contributed by atoms with Crippen LogP contribution in [0.2, 0.25) is 5.02 Å². The Hall–Kier alpha value is -4.61. The molecule has 6 nitrogen and oxygen atoms in total. The number of ether oxygens (including phenoxy) is 1. The summed E-state index contributed by atoms with van der Waals surface area (Å²) in [5, 5.41) is 23.0. The third-order valence-electron chi connectivity index (χ3n) is 7.45. The number of nitrogens with one attached hydrogen (secondary N) is 1. The van der Waals surface area contributed by atoms with E-state index in [1.807, 2.05) is 54.6 Å². The van der Waals surface area contributed by atoms with Gasteiger partial charge in [-0.05, 0) is 69.3 Å². The standard InChI is InChI=1S/C35H26ClN3O3S/c36-32-17-25(23-13-11-22(18-37)12-14-23)16-26(33(32)43-34-24(20-40)6-5-15-38-34)19-39-35(41)42-21-31-29-9-3-1-7-27(29)28-8-2-4-10-30(28)31/h1-17,31,40H,19-21H2,(H,39,41). The van der Waals surface area contributed by atoms with Crippen LogP contribution < -0.4 is 5.32 Å². The Bertz CT molecular complexity index is 1810. The zero-order valence-electron chi connectivity index (χ0n) is 23.0. The van der Waals surface area contributed by atoms with Crippen LogP contribution in [0.15, 0.2) is 113 Å². The van der Waals surface area contributed by atoms with Crippen LogP contribution in [0.4, 0.5) is 4.79 Å². The zero-order valence-corrected chi connectivity index (χ0v) is 24.5. The molecule has 212 valence electrons. The molecule has 2 N–H and O–H groups in total. The third-order valence-corrected chi connectivity index (χ3v) is 9.11. The first-order valence-electron chi connectivity index (χ1n) is 13.7. The maximum absolute atomic E-state index is 13.0. The first kappa shape index (κ1) is 28.5. The minimum atomic E-state index is -0.536. The number of nitrogens with zero attached hydrogens (tertiary/aromatic N) is 2. The summed E-state index contributed by atoms with van der Waals surface area (Å²) < 4.78 is 5.76. The minimum absolute atomic E-state index is 0.0421. The number of alkyl carbamates (subject to hydrolysis) is 1. The first-order chi connectivity index (χ1) is 21.1. The van der Waals surface area contributed by atoms with Crippen LogP contribution in [0.5, 0.6) is 0 Å². The van der Waals surface area contributed by atoms with Gasteiger partial charge in [0.1, 0.15) is 11.6 Å². The minimum Gasteiger partial charge on any atom is -0.449 e. The highest BCUT2D eigenvalue weighted by Gasteiger charge is 2.29. The quantitative estimate of drug-likeness (QED) is 0.187. The number of fused-ring (bicyclic) bond motifs is 3. The number of rotatable bonds is 8. The largest absolute Gasteiger partial charge is 0.449 e. The van der Waals surface area contributed by atoms with E-state index in [1.165, 1.54) is 22.9 Å². The molecule has 0 unspecified atom stereocenters. The molecule has 6 rings (SSSR count). The highest BCUT2D eigenvalue weighted by Crippen LogP contribution is 2.44. The summed E-state index contributed by atoms with van der Waals surface area (Å²) in [6, 6.07) is 33.2. The van der Waals surface area contributed by atoms with Crippen molar-refractivity contribution in [2.45, 2.75) is 29.0 Å². The van der Waals surface area contributed by atoms with Crippen molar-refractivity contribution in [3.05, 3.63) is 136 Å². The van der Waals surface area contributed by atoms with Crippen LogP contribution in [-0.2, 0) is 17.9 Å². The molecule has 0 spiro atoms. The fourth-order valence-corrected chi connectivity index (χ4v) is 6.69. The van der Waals surface area contributed by atoms with Crippen LogP contribution in [0.3, 0.4) is 0 Å². The molecule has 1 heterocycles. The van der Waals surface area contributed by atoms with Gasteiger partial charge in [0.15, 0.2) is 0 Å². The van der Waals surface area contributed by atoms with Crippen molar-refractivity contribution in [2.24, 2.45) is 0 Å². The molecule has 43 heavy (non-hydrogen) atoms. The van der Waals surface area contributed by atoms with Gasteiger partial charge in [-0.2, -0.15) is 5.26 Å². The predicted octanol–water partition coefficient (Wildman–Crippen LogP) is 7.96. The molecule has 1 aliphatic carbocycles. The first-order valence-corrected chi connectivity index (χ1v) is 14.9. The summed E-state index contributed by atoms with van der Waals surface area (Å²) in [5.41, 5.74) is 8.35. The number of carbonyl (C=O) groups excluding carboxylic acids is 1. The summed E-state index contributed by atoms with van der Waals surface area (Å²) in [6.45, 7) is 0.204. The van der Waals surface area contributed by atoms with Gasteiger partial charge in [-0.3, -0.25) is 0 Å². The van der Waals surface area contributed by atoms with E-state index in [0.717, 1.165) is 27.8 Å². The molecule has 5 aromatic rings. The summed E-state index contributed by atoms with van der Waals surface area (Å²) in [6.07, 6.45) is 1.13. The Morgan fingerprint density at radius 2 is 1.63 bits per heavy atom. The van der Waals surface area contributed by atoms with E-state index in [0.29, 0.717) is 26.1 Å². The molecule has 0 atom stereocenters. The second kappa shape index (κ2) is 12.7. The van der Waals surface area contributed by atoms with E-state index in [2.05, 4.69) is 40.6 Å². The Morgan fingerprint density at radius 1 is 0.930 bits per heavy atom. The smallest absolute Gasteiger partial charge is 0.407 e. The van der Waals surface area contributed by atoms with Gasteiger partial charge in [-0.1, -0.05) is 90.1 Å². The number of hydrogen-bond donors (Lipinski definition) is 2. The number of carbonyl (C=O) groups is 1. The van der Waals surface area contributed by atoms with Gasteiger partial charge in [0.25, 0.3) is 0 Å².